The van der Waals surface area contributed by atoms with Gasteiger partial charge in [-0.3, -0.25) is 10.1 Å². The van der Waals surface area contributed by atoms with Gasteiger partial charge in [-0.25, -0.2) is 0 Å². The molecule has 0 saturated carbocycles. The summed E-state index contributed by atoms with van der Waals surface area (Å²) in [5.74, 6) is 0.375. The Morgan fingerprint density at radius 2 is 2.08 bits per heavy atom. The number of fused-ring (bicyclic) bond motifs is 1. The smallest absolute Gasteiger partial charge is 0.406 e. The number of carbonyl (C=O) groups is 1. The molecule has 1 amide bonds. The minimum absolute atomic E-state index is 0.0186. The van der Waals surface area contributed by atoms with Gasteiger partial charge in [-0.2, -0.15) is 13.2 Å². The van der Waals surface area contributed by atoms with Gasteiger partial charge in [0.25, 0.3) is 0 Å². The summed E-state index contributed by atoms with van der Waals surface area (Å²) in [6.07, 6.45) is -1.55. The van der Waals surface area contributed by atoms with Crippen LogP contribution in [0.25, 0.3) is 0 Å². The van der Waals surface area contributed by atoms with E-state index in [1.807, 2.05) is 18.2 Å². The quantitative estimate of drug-likeness (QED) is 0.915. The molecule has 0 unspecified atom stereocenters. The zero-order chi connectivity index (χ0) is 17.3. The lowest BCUT2D eigenvalue weighted by Gasteiger charge is -2.34. The first-order valence-electron chi connectivity index (χ1n) is 8.16. The normalized spacial score (nSPS) is 24.2. The molecule has 2 aliphatic rings. The average molecular weight is 342 g/mol. The number of piperidine rings is 1. The molecule has 1 saturated heterocycles. The van der Waals surface area contributed by atoms with Crippen molar-refractivity contribution in [2.24, 2.45) is 0 Å². The molecular formula is C17H21F3N2O2. The number of alkyl halides is 3. The molecule has 1 aromatic carbocycles. The summed E-state index contributed by atoms with van der Waals surface area (Å²) < 4.78 is 43.2. The summed E-state index contributed by atoms with van der Waals surface area (Å²) in [7, 11) is 1.62. The zero-order valence-electron chi connectivity index (χ0n) is 13.5. The van der Waals surface area contributed by atoms with E-state index in [0.717, 1.165) is 34.6 Å². The number of carbonyl (C=O) groups excluding carboxylic acids is 1. The molecule has 4 nitrogen and oxygen atoms in total. The van der Waals surface area contributed by atoms with E-state index in [9.17, 15) is 18.0 Å². The Bertz CT molecular complexity index is 618. The fourth-order valence-corrected chi connectivity index (χ4v) is 3.70. The summed E-state index contributed by atoms with van der Waals surface area (Å²) in [5.41, 5.74) is 2.20. The van der Waals surface area contributed by atoms with E-state index < -0.39 is 24.7 Å². The van der Waals surface area contributed by atoms with Gasteiger partial charge >= 0.3 is 6.18 Å². The molecule has 24 heavy (non-hydrogen) atoms. The van der Waals surface area contributed by atoms with Gasteiger partial charge in [-0.05, 0) is 42.9 Å². The number of ether oxygens (including phenoxy) is 1. The number of hydrogen-bond donors (Lipinski definition) is 1. The van der Waals surface area contributed by atoms with Gasteiger partial charge in [-0.15, -0.1) is 0 Å². The zero-order valence-corrected chi connectivity index (χ0v) is 13.5. The molecule has 2 atom stereocenters. The highest BCUT2D eigenvalue weighted by atomic mass is 19.4. The van der Waals surface area contributed by atoms with E-state index in [1.54, 1.807) is 7.11 Å². The van der Waals surface area contributed by atoms with Crippen molar-refractivity contribution in [2.75, 3.05) is 20.2 Å². The molecule has 3 rings (SSSR count). The maximum Gasteiger partial charge on any atom is 0.406 e. The van der Waals surface area contributed by atoms with Crippen LogP contribution in [0.4, 0.5) is 13.2 Å². The minimum Gasteiger partial charge on any atom is -0.496 e. The van der Waals surface area contributed by atoms with Crippen molar-refractivity contribution in [1.29, 1.82) is 0 Å². The lowest BCUT2D eigenvalue weighted by atomic mass is 10.0. The number of amides is 1. The summed E-state index contributed by atoms with van der Waals surface area (Å²) in [5, 5.41) is 3.28. The topological polar surface area (TPSA) is 41.6 Å². The van der Waals surface area contributed by atoms with Crippen LogP contribution in [0.5, 0.6) is 5.75 Å². The molecule has 1 aliphatic heterocycles. The fourth-order valence-electron chi connectivity index (χ4n) is 3.70. The van der Waals surface area contributed by atoms with Crippen molar-refractivity contribution in [3.05, 3.63) is 29.3 Å². The fraction of sp³-hybridized carbons (Fsp3) is 0.588. The largest absolute Gasteiger partial charge is 0.496 e. The molecule has 1 aromatic rings. The molecule has 1 aliphatic carbocycles. The first-order chi connectivity index (χ1) is 11.4. The van der Waals surface area contributed by atoms with Crippen molar-refractivity contribution in [2.45, 2.75) is 43.9 Å². The molecule has 1 N–H and O–H groups in total. The van der Waals surface area contributed by atoms with E-state index in [2.05, 4.69) is 5.32 Å². The highest BCUT2D eigenvalue weighted by molar-refractivity contribution is 5.82. The summed E-state index contributed by atoms with van der Waals surface area (Å²) >= 11 is 0. The second-order valence-electron chi connectivity index (χ2n) is 6.36. The van der Waals surface area contributed by atoms with Crippen molar-refractivity contribution in [3.8, 4) is 5.75 Å². The Morgan fingerprint density at radius 3 is 2.79 bits per heavy atom. The minimum atomic E-state index is -4.36. The van der Waals surface area contributed by atoms with Crippen LogP contribution < -0.4 is 10.1 Å². The van der Waals surface area contributed by atoms with E-state index >= 15 is 0 Å². The maximum absolute atomic E-state index is 12.6. The highest BCUT2D eigenvalue weighted by Crippen LogP contribution is 2.37. The van der Waals surface area contributed by atoms with E-state index in [1.165, 1.54) is 0 Å². The average Bonchev–Trinajstić information content (AvgIpc) is 2.93. The predicted octanol–water partition coefficient (Wildman–Crippen LogP) is 2.83. The molecule has 0 aromatic heterocycles. The molecular weight excluding hydrogens is 321 g/mol. The van der Waals surface area contributed by atoms with Gasteiger partial charge < -0.3 is 9.64 Å². The first kappa shape index (κ1) is 17.1. The molecule has 7 heteroatoms. The highest BCUT2D eigenvalue weighted by Gasteiger charge is 2.38. The van der Waals surface area contributed by atoms with Crippen LogP contribution in [-0.2, 0) is 11.2 Å². The predicted molar refractivity (Wildman–Crippen MR) is 82.8 cm³/mol. The Labute approximate surface area is 139 Å². The van der Waals surface area contributed by atoms with Crippen LogP contribution >= 0.6 is 0 Å². The molecule has 0 bridgehead atoms. The van der Waals surface area contributed by atoms with Gasteiger partial charge in [0.2, 0.25) is 5.91 Å². The number of methoxy groups -OCH3 is 1. The Hall–Kier alpha value is -1.76. The number of rotatable bonds is 4. The third-order valence-corrected chi connectivity index (χ3v) is 4.75. The summed E-state index contributed by atoms with van der Waals surface area (Å²) in [4.78, 5) is 13.3. The number of halogens is 3. The Kier molecular flexibility index (Phi) is 4.71. The van der Waals surface area contributed by atoms with Crippen LogP contribution in [-0.4, -0.2) is 43.2 Å². The van der Waals surface area contributed by atoms with Gasteiger partial charge in [-0.1, -0.05) is 12.1 Å². The Morgan fingerprint density at radius 1 is 1.29 bits per heavy atom. The van der Waals surface area contributed by atoms with E-state index in [0.29, 0.717) is 12.8 Å². The number of likely N-dealkylation sites (tertiary alicyclic amines) is 1. The summed E-state index contributed by atoms with van der Waals surface area (Å²) in [6, 6.07) is 5.22. The summed E-state index contributed by atoms with van der Waals surface area (Å²) in [6.45, 7) is -0.995. The number of nitrogens with zero attached hydrogens (tertiary/aromatic N) is 1. The second kappa shape index (κ2) is 6.63. The van der Waals surface area contributed by atoms with Crippen molar-refractivity contribution >= 4 is 5.91 Å². The molecule has 132 valence electrons. The van der Waals surface area contributed by atoms with Gasteiger partial charge in [0.05, 0.1) is 13.2 Å². The molecule has 1 heterocycles. The lowest BCUT2D eigenvalue weighted by molar-refractivity contribution is -0.165. The third kappa shape index (κ3) is 3.50. The standard InChI is InChI=1S/C17H21F3N2O2/c1-24-15-6-2-4-11-12(15)7-8-13(11)21-14-5-3-9-22(16(14)23)10-17(18,19)20/h2,4,6,13-14,21H,3,5,7-10H2,1H3/t13-,14-/m0/s1. The number of hydrogen-bond acceptors (Lipinski definition) is 3. The van der Waals surface area contributed by atoms with Gasteiger partial charge in [0.15, 0.2) is 0 Å². The van der Waals surface area contributed by atoms with E-state index in [-0.39, 0.29) is 12.6 Å². The van der Waals surface area contributed by atoms with Crippen molar-refractivity contribution in [3.63, 3.8) is 0 Å². The SMILES string of the molecule is COc1cccc2c1CC[C@@H]2N[C@H]1CCCN(CC(F)(F)F)C1=O. The van der Waals surface area contributed by atoms with Crippen LogP contribution in [0.1, 0.15) is 36.4 Å². The first-order valence-corrected chi connectivity index (χ1v) is 8.16. The van der Waals surface area contributed by atoms with Gasteiger partial charge in [0.1, 0.15) is 12.3 Å². The monoisotopic (exact) mass is 342 g/mol. The number of benzene rings is 1. The van der Waals surface area contributed by atoms with Crippen molar-refractivity contribution in [1.82, 2.24) is 10.2 Å². The van der Waals surface area contributed by atoms with Crippen LogP contribution in [0.3, 0.4) is 0 Å². The Balaban J connectivity index is 1.70. The van der Waals surface area contributed by atoms with Gasteiger partial charge in [0, 0.05) is 12.6 Å². The molecule has 0 spiro atoms. The van der Waals surface area contributed by atoms with E-state index in [4.69, 9.17) is 4.74 Å². The lowest BCUT2D eigenvalue weighted by Crippen LogP contribution is -2.53. The van der Waals surface area contributed by atoms with Crippen LogP contribution in [0, 0.1) is 0 Å². The third-order valence-electron chi connectivity index (χ3n) is 4.75. The van der Waals surface area contributed by atoms with Crippen molar-refractivity contribution < 1.29 is 22.7 Å². The molecule has 1 fully saturated rings. The number of nitrogens with one attached hydrogen (secondary N) is 1. The van der Waals surface area contributed by atoms with Crippen LogP contribution in [0.15, 0.2) is 18.2 Å². The second-order valence-corrected chi connectivity index (χ2v) is 6.36. The van der Waals surface area contributed by atoms with Crippen LogP contribution in [0.2, 0.25) is 0 Å². The maximum atomic E-state index is 12.6. The molecule has 0 radical (unpaired) electrons.